The normalized spacial score (nSPS) is 12.7. The van der Waals surface area contributed by atoms with Crippen molar-refractivity contribution in [3.8, 4) is 5.75 Å². The molecule has 1 unspecified atom stereocenters. The summed E-state index contributed by atoms with van der Waals surface area (Å²) in [6.07, 6.45) is 1.82. The zero-order valence-electron chi connectivity index (χ0n) is 19.2. The van der Waals surface area contributed by atoms with Crippen molar-refractivity contribution in [1.29, 1.82) is 0 Å². The Morgan fingerprint density at radius 2 is 1.55 bits per heavy atom. The third kappa shape index (κ3) is 5.38. The van der Waals surface area contributed by atoms with Gasteiger partial charge in [-0.2, -0.15) is 0 Å². The van der Waals surface area contributed by atoms with Crippen LogP contribution in [0.5, 0.6) is 5.75 Å². The third-order valence-electron chi connectivity index (χ3n) is 5.58. The number of halogens is 1. The summed E-state index contributed by atoms with van der Waals surface area (Å²) in [5.41, 5.74) is 4.42. The van der Waals surface area contributed by atoms with Gasteiger partial charge in [0.1, 0.15) is 11.6 Å². The van der Waals surface area contributed by atoms with Gasteiger partial charge in [0.25, 0.3) is 0 Å². The Balaban J connectivity index is 2.71. The van der Waals surface area contributed by atoms with E-state index in [2.05, 4.69) is 53.7 Å². The first-order valence-electron chi connectivity index (χ1n) is 10.4. The summed E-state index contributed by atoms with van der Waals surface area (Å²) < 4.78 is 26.2. The second-order valence-corrected chi connectivity index (χ2v) is 10.6. The van der Waals surface area contributed by atoms with Crippen LogP contribution in [0.15, 0.2) is 30.3 Å². The van der Waals surface area contributed by atoms with E-state index >= 15 is 0 Å². The van der Waals surface area contributed by atoms with E-state index < -0.39 is 0 Å². The lowest BCUT2D eigenvalue weighted by molar-refractivity contribution is 0.0485. The Bertz CT molecular complexity index is 835. The van der Waals surface area contributed by atoms with E-state index in [9.17, 15) is 4.39 Å². The lowest BCUT2D eigenvalue weighted by atomic mass is 9.80. The van der Waals surface area contributed by atoms with Crippen LogP contribution in [0.2, 0.25) is 0 Å². The molecule has 0 aliphatic rings. The fourth-order valence-electron chi connectivity index (χ4n) is 3.81. The lowest BCUT2D eigenvalue weighted by Gasteiger charge is -2.37. The molecule has 0 heterocycles. The Morgan fingerprint density at radius 3 is 2.07 bits per heavy atom. The molecule has 2 nitrogen and oxygen atoms in total. The number of hydrogen-bond donors (Lipinski definition) is 0. The van der Waals surface area contributed by atoms with Gasteiger partial charge in [0, 0.05) is 28.7 Å². The van der Waals surface area contributed by atoms with Gasteiger partial charge >= 0.3 is 0 Å². The second-order valence-electron chi connectivity index (χ2n) is 8.89. The van der Waals surface area contributed by atoms with Gasteiger partial charge in [-0.3, -0.25) is 0 Å². The molecule has 0 spiro atoms. The molecule has 0 amide bonds. The minimum atomic E-state index is -0.189. The van der Waals surface area contributed by atoms with E-state index in [4.69, 9.17) is 9.47 Å². The van der Waals surface area contributed by atoms with Crippen molar-refractivity contribution < 1.29 is 13.9 Å². The molecule has 2 rings (SSSR count). The predicted octanol–water partition coefficient (Wildman–Crippen LogP) is 6.74. The quantitative estimate of drug-likeness (QED) is 0.349. The largest absolute Gasteiger partial charge is 0.467 e. The number of methoxy groups -OCH3 is 1. The molecule has 0 aliphatic heterocycles. The van der Waals surface area contributed by atoms with Crippen molar-refractivity contribution in [2.24, 2.45) is 0 Å². The molecule has 2 aromatic carbocycles. The van der Waals surface area contributed by atoms with Gasteiger partial charge in [0.15, 0.2) is 6.79 Å². The van der Waals surface area contributed by atoms with Crippen molar-refractivity contribution in [3.05, 3.63) is 58.4 Å². The summed E-state index contributed by atoms with van der Waals surface area (Å²) in [6.45, 7) is 15.3. The van der Waals surface area contributed by atoms with E-state index in [1.54, 1.807) is 13.2 Å². The minimum Gasteiger partial charge on any atom is -0.467 e. The van der Waals surface area contributed by atoms with Crippen LogP contribution in [-0.4, -0.2) is 13.9 Å². The Morgan fingerprint density at radius 1 is 0.931 bits per heavy atom. The molecule has 160 valence electrons. The fraction of sp³-hybridized carbons (Fsp3) is 0.520. The van der Waals surface area contributed by atoms with Crippen LogP contribution < -0.4 is 10.0 Å². The number of rotatable bonds is 8. The number of aryl methyl sites for hydroxylation is 2. The molecule has 4 heteroatoms. The Hall–Kier alpha value is -1.44. The first-order chi connectivity index (χ1) is 13.6. The van der Waals surface area contributed by atoms with Gasteiger partial charge in [0.2, 0.25) is 0 Å². The monoisotopic (exact) mass is 418 g/mol. The summed E-state index contributed by atoms with van der Waals surface area (Å²) in [5.74, 6) is 0.784. The molecule has 0 aromatic heterocycles. The van der Waals surface area contributed by atoms with Gasteiger partial charge in [-0.05, 0) is 43.7 Å². The Labute approximate surface area is 178 Å². The van der Waals surface area contributed by atoms with E-state index in [1.807, 2.05) is 19.1 Å². The Kier molecular flexibility index (Phi) is 7.87. The molecule has 0 bridgehead atoms. The van der Waals surface area contributed by atoms with E-state index in [1.165, 1.54) is 16.7 Å². The summed E-state index contributed by atoms with van der Waals surface area (Å²) in [5, 5.41) is 0.598. The first kappa shape index (κ1) is 23.8. The maximum Gasteiger partial charge on any atom is 0.188 e. The van der Waals surface area contributed by atoms with E-state index in [-0.39, 0.29) is 23.2 Å². The third-order valence-corrected chi connectivity index (χ3v) is 7.71. The van der Waals surface area contributed by atoms with Crippen LogP contribution in [0.4, 0.5) is 4.39 Å². The van der Waals surface area contributed by atoms with Crippen molar-refractivity contribution in [2.75, 3.05) is 13.9 Å². The molecule has 0 saturated heterocycles. The SMILES string of the molecule is CCC(CC)(Pc1ccc(C)cc1F)c1cc(C)cc(C(C)(C)C)c1OCOC. The zero-order valence-corrected chi connectivity index (χ0v) is 20.2. The highest BCUT2D eigenvalue weighted by Crippen LogP contribution is 2.52. The summed E-state index contributed by atoms with van der Waals surface area (Å²) in [6, 6.07) is 10.0. The molecule has 0 fully saturated rings. The topological polar surface area (TPSA) is 18.5 Å². The molecule has 1 atom stereocenters. The summed E-state index contributed by atoms with van der Waals surface area (Å²) in [4.78, 5) is 0. The maximum absolute atomic E-state index is 14.8. The van der Waals surface area contributed by atoms with Gasteiger partial charge < -0.3 is 9.47 Å². The van der Waals surface area contributed by atoms with Crippen LogP contribution in [0.1, 0.15) is 69.7 Å². The van der Waals surface area contributed by atoms with E-state index in [0.717, 1.165) is 29.5 Å². The number of hydrogen-bond acceptors (Lipinski definition) is 2. The summed E-state index contributed by atoms with van der Waals surface area (Å²) >= 11 is 0. The van der Waals surface area contributed by atoms with Crippen LogP contribution in [-0.2, 0) is 15.3 Å². The van der Waals surface area contributed by atoms with Gasteiger partial charge in [-0.1, -0.05) is 73.0 Å². The molecular formula is C25H36FO2P. The van der Waals surface area contributed by atoms with Gasteiger partial charge in [0.05, 0.1) is 0 Å². The predicted molar refractivity (Wildman–Crippen MR) is 124 cm³/mol. The van der Waals surface area contributed by atoms with Crippen molar-refractivity contribution in [3.63, 3.8) is 0 Å². The number of benzene rings is 2. The van der Waals surface area contributed by atoms with Crippen LogP contribution in [0, 0.1) is 19.7 Å². The minimum absolute atomic E-state index is 0.0741. The lowest BCUT2D eigenvalue weighted by Crippen LogP contribution is -2.26. The summed E-state index contributed by atoms with van der Waals surface area (Å²) in [7, 11) is 1.96. The van der Waals surface area contributed by atoms with Crippen LogP contribution >= 0.6 is 8.58 Å². The standard InChI is InChI=1S/C25H36FO2P/c1-9-25(10-2,29-22-12-11-17(3)15-21(22)26)20-14-18(4)13-19(24(5,6)7)23(20)28-16-27-8/h11-15,29H,9-10,16H2,1-8H3. The van der Waals surface area contributed by atoms with Crippen LogP contribution in [0.3, 0.4) is 0 Å². The van der Waals surface area contributed by atoms with Crippen molar-refractivity contribution in [1.82, 2.24) is 0 Å². The van der Waals surface area contributed by atoms with Gasteiger partial charge in [-0.15, -0.1) is 0 Å². The maximum atomic E-state index is 14.8. The average Bonchev–Trinajstić information content (AvgIpc) is 2.65. The average molecular weight is 419 g/mol. The van der Waals surface area contributed by atoms with Crippen LogP contribution in [0.25, 0.3) is 0 Å². The van der Waals surface area contributed by atoms with Crippen molar-refractivity contribution in [2.45, 2.75) is 71.9 Å². The molecule has 0 N–H and O–H groups in total. The molecule has 2 aromatic rings. The van der Waals surface area contributed by atoms with Gasteiger partial charge in [-0.25, -0.2) is 4.39 Å². The smallest absolute Gasteiger partial charge is 0.188 e. The number of ether oxygens (including phenoxy) is 2. The van der Waals surface area contributed by atoms with Crippen molar-refractivity contribution >= 4 is 13.9 Å². The first-order valence-corrected chi connectivity index (χ1v) is 11.4. The molecule has 0 aliphatic carbocycles. The highest BCUT2D eigenvalue weighted by atomic mass is 31.1. The fourth-order valence-corrected chi connectivity index (χ4v) is 5.36. The second kappa shape index (κ2) is 9.58. The molecule has 29 heavy (non-hydrogen) atoms. The molecule has 0 saturated carbocycles. The van der Waals surface area contributed by atoms with E-state index in [0.29, 0.717) is 8.58 Å². The molecular weight excluding hydrogens is 382 g/mol. The molecule has 0 radical (unpaired) electrons. The zero-order chi connectivity index (χ0) is 21.8. The highest BCUT2D eigenvalue weighted by Gasteiger charge is 2.35. The highest BCUT2D eigenvalue weighted by molar-refractivity contribution is 7.48.